The highest BCUT2D eigenvalue weighted by molar-refractivity contribution is 5.76. The normalized spacial score (nSPS) is 17.3. The Morgan fingerprint density at radius 2 is 1.86 bits per heavy atom. The van der Waals surface area contributed by atoms with Crippen LogP contribution in [0.2, 0.25) is 0 Å². The van der Waals surface area contributed by atoms with Gasteiger partial charge in [0.15, 0.2) is 0 Å². The number of aryl methyl sites for hydroxylation is 1. The Hall–Kier alpha value is -2.44. The van der Waals surface area contributed by atoms with Gasteiger partial charge in [0.05, 0.1) is 13.2 Å². The molecule has 0 bridgehead atoms. The van der Waals surface area contributed by atoms with E-state index in [1.54, 1.807) is 12.1 Å². The summed E-state index contributed by atoms with van der Waals surface area (Å²) in [7, 11) is 0. The van der Waals surface area contributed by atoms with Gasteiger partial charge in [0.2, 0.25) is 5.91 Å². The predicted molar refractivity (Wildman–Crippen MR) is 108 cm³/mol. The van der Waals surface area contributed by atoms with Gasteiger partial charge >= 0.3 is 0 Å². The van der Waals surface area contributed by atoms with Gasteiger partial charge in [0, 0.05) is 44.7 Å². The second-order valence-corrected chi connectivity index (χ2v) is 7.62. The summed E-state index contributed by atoms with van der Waals surface area (Å²) in [6.07, 6.45) is 1.22. The van der Waals surface area contributed by atoms with Crippen LogP contribution in [0.5, 0.6) is 5.75 Å². The molecule has 0 unspecified atom stereocenters. The molecule has 1 fully saturated rings. The van der Waals surface area contributed by atoms with Crippen molar-refractivity contribution in [3.05, 3.63) is 65.0 Å². The summed E-state index contributed by atoms with van der Waals surface area (Å²) in [6, 6.07) is 12.9. The average molecular weight is 398 g/mol. The molecule has 0 atom stereocenters. The van der Waals surface area contributed by atoms with E-state index in [-0.39, 0.29) is 11.7 Å². The van der Waals surface area contributed by atoms with Gasteiger partial charge in [-0.3, -0.25) is 9.69 Å². The van der Waals surface area contributed by atoms with Gasteiger partial charge in [-0.25, -0.2) is 4.39 Å². The van der Waals surface area contributed by atoms with Crippen molar-refractivity contribution in [2.24, 2.45) is 0 Å². The van der Waals surface area contributed by atoms with Crippen LogP contribution in [-0.2, 0) is 29.0 Å². The maximum Gasteiger partial charge on any atom is 0.223 e. The van der Waals surface area contributed by atoms with E-state index in [4.69, 9.17) is 9.47 Å². The highest BCUT2D eigenvalue weighted by Gasteiger charge is 2.18. The number of hydrogen-bond acceptors (Lipinski definition) is 4. The van der Waals surface area contributed by atoms with Crippen LogP contribution in [0.15, 0.2) is 42.5 Å². The van der Waals surface area contributed by atoms with Crippen molar-refractivity contribution < 1.29 is 18.7 Å². The van der Waals surface area contributed by atoms with Crippen molar-refractivity contribution in [1.29, 1.82) is 0 Å². The zero-order valence-corrected chi connectivity index (χ0v) is 16.6. The lowest BCUT2D eigenvalue weighted by Gasteiger charge is -2.26. The summed E-state index contributed by atoms with van der Waals surface area (Å²) in [4.78, 5) is 16.6. The summed E-state index contributed by atoms with van der Waals surface area (Å²) in [5, 5.41) is 0. The number of halogens is 1. The fraction of sp³-hybridized carbons (Fsp3) is 0.435. The Morgan fingerprint density at radius 3 is 2.69 bits per heavy atom. The van der Waals surface area contributed by atoms with Gasteiger partial charge in [-0.2, -0.15) is 0 Å². The van der Waals surface area contributed by atoms with E-state index < -0.39 is 0 Å². The largest absolute Gasteiger partial charge is 0.492 e. The van der Waals surface area contributed by atoms with Gasteiger partial charge in [-0.15, -0.1) is 0 Å². The maximum atomic E-state index is 13.5. The molecule has 2 aromatic carbocycles. The van der Waals surface area contributed by atoms with E-state index in [0.717, 1.165) is 35.5 Å². The molecular weight excluding hydrogens is 371 g/mol. The van der Waals surface area contributed by atoms with E-state index in [1.807, 2.05) is 23.1 Å². The molecule has 5 nitrogen and oxygen atoms in total. The number of hydrogen-bond donors (Lipinski definition) is 0. The molecule has 154 valence electrons. The van der Waals surface area contributed by atoms with E-state index in [0.29, 0.717) is 52.3 Å². The number of nitrogens with zero attached hydrogens (tertiary/aromatic N) is 2. The minimum atomic E-state index is -0.207. The topological polar surface area (TPSA) is 42.0 Å². The molecule has 1 amide bonds. The number of ether oxygens (including phenoxy) is 2. The van der Waals surface area contributed by atoms with Crippen LogP contribution in [-0.4, -0.2) is 55.2 Å². The first kappa shape index (κ1) is 19.9. The van der Waals surface area contributed by atoms with Crippen molar-refractivity contribution in [2.45, 2.75) is 25.9 Å². The lowest BCUT2D eigenvalue weighted by molar-refractivity contribution is -0.135. The van der Waals surface area contributed by atoms with E-state index in [2.05, 4.69) is 11.0 Å². The Bertz CT molecular complexity index is 852. The lowest BCUT2D eigenvalue weighted by Crippen LogP contribution is -2.40. The van der Waals surface area contributed by atoms with Gasteiger partial charge in [0.1, 0.15) is 18.2 Å². The molecule has 2 aliphatic heterocycles. The number of benzene rings is 2. The third kappa shape index (κ3) is 5.34. The molecule has 0 radical (unpaired) electrons. The van der Waals surface area contributed by atoms with Crippen LogP contribution >= 0.6 is 0 Å². The monoisotopic (exact) mass is 398 g/mol. The van der Waals surface area contributed by atoms with Crippen LogP contribution in [0.25, 0.3) is 0 Å². The Morgan fingerprint density at radius 1 is 1.00 bits per heavy atom. The van der Waals surface area contributed by atoms with Gasteiger partial charge < -0.3 is 14.4 Å². The smallest absolute Gasteiger partial charge is 0.223 e. The summed E-state index contributed by atoms with van der Waals surface area (Å²) in [5.74, 6) is 0.878. The van der Waals surface area contributed by atoms with Crippen molar-refractivity contribution in [3.8, 4) is 5.75 Å². The van der Waals surface area contributed by atoms with E-state index in [1.165, 1.54) is 6.07 Å². The lowest BCUT2D eigenvalue weighted by atomic mass is 10.0. The SMILES string of the molecule is O=C(CCc1ccc2c(c1)CN(Cc1cccc(F)c1)CCO2)N1CCOCC1. The highest BCUT2D eigenvalue weighted by atomic mass is 19.1. The molecular formula is C23H27FN2O3. The number of rotatable bonds is 5. The summed E-state index contributed by atoms with van der Waals surface area (Å²) >= 11 is 0. The van der Waals surface area contributed by atoms with E-state index in [9.17, 15) is 9.18 Å². The molecule has 0 N–H and O–H groups in total. The molecule has 6 heteroatoms. The molecule has 0 spiro atoms. The van der Waals surface area contributed by atoms with Crippen LogP contribution in [0.1, 0.15) is 23.1 Å². The molecule has 2 aliphatic rings. The van der Waals surface area contributed by atoms with Crippen LogP contribution in [0.4, 0.5) is 4.39 Å². The third-order valence-corrected chi connectivity index (χ3v) is 5.47. The molecule has 0 saturated carbocycles. The highest BCUT2D eigenvalue weighted by Crippen LogP contribution is 2.26. The second kappa shape index (κ2) is 9.37. The van der Waals surface area contributed by atoms with E-state index >= 15 is 0 Å². The average Bonchev–Trinajstić information content (AvgIpc) is 2.94. The first-order valence-electron chi connectivity index (χ1n) is 10.2. The van der Waals surface area contributed by atoms with Crippen molar-refractivity contribution >= 4 is 5.91 Å². The minimum absolute atomic E-state index is 0.187. The Balaban J connectivity index is 1.39. The first-order valence-corrected chi connectivity index (χ1v) is 10.2. The van der Waals surface area contributed by atoms with Crippen LogP contribution in [0.3, 0.4) is 0 Å². The standard InChI is InChI=1S/C23H27FN2O3/c24-21-3-1-2-19(15-21)16-25-8-13-29-22-6-4-18(14-20(22)17-25)5-7-23(27)26-9-11-28-12-10-26/h1-4,6,14-15H,5,7-13,16-17H2. The fourth-order valence-corrected chi connectivity index (χ4v) is 3.91. The number of fused-ring (bicyclic) bond motifs is 1. The summed E-state index contributed by atoms with van der Waals surface area (Å²) in [5.41, 5.74) is 3.22. The fourth-order valence-electron chi connectivity index (χ4n) is 3.91. The van der Waals surface area contributed by atoms with Crippen molar-refractivity contribution in [1.82, 2.24) is 9.80 Å². The molecule has 2 aromatic rings. The van der Waals surface area contributed by atoms with Crippen LogP contribution < -0.4 is 4.74 Å². The Labute approximate surface area is 171 Å². The zero-order valence-electron chi connectivity index (χ0n) is 16.6. The molecule has 0 aromatic heterocycles. The van der Waals surface area contributed by atoms with Gasteiger partial charge in [0.25, 0.3) is 0 Å². The first-order chi connectivity index (χ1) is 14.2. The van der Waals surface area contributed by atoms with Crippen LogP contribution in [0, 0.1) is 5.82 Å². The third-order valence-electron chi connectivity index (χ3n) is 5.47. The summed E-state index contributed by atoms with van der Waals surface area (Å²) in [6.45, 7) is 5.45. The molecule has 0 aliphatic carbocycles. The minimum Gasteiger partial charge on any atom is -0.492 e. The van der Waals surface area contributed by atoms with Crippen molar-refractivity contribution in [3.63, 3.8) is 0 Å². The number of carbonyl (C=O) groups excluding carboxylic acids is 1. The maximum absolute atomic E-state index is 13.5. The molecule has 4 rings (SSSR count). The molecule has 29 heavy (non-hydrogen) atoms. The number of amides is 1. The zero-order chi connectivity index (χ0) is 20.1. The van der Waals surface area contributed by atoms with Gasteiger partial charge in [-0.1, -0.05) is 24.3 Å². The predicted octanol–water partition coefficient (Wildman–Crippen LogP) is 3.01. The number of carbonyl (C=O) groups is 1. The molecule has 1 saturated heterocycles. The molecule has 2 heterocycles. The number of morpholine rings is 1. The van der Waals surface area contributed by atoms with Gasteiger partial charge in [-0.05, 0) is 35.7 Å². The summed E-state index contributed by atoms with van der Waals surface area (Å²) < 4.78 is 24.7. The second-order valence-electron chi connectivity index (χ2n) is 7.62. The van der Waals surface area contributed by atoms with Crippen molar-refractivity contribution in [2.75, 3.05) is 39.5 Å². The quantitative estimate of drug-likeness (QED) is 0.777. The Kier molecular flexibility index (Phi) is 6.42.